The normalized spacial score (nSPS) is 20.2. The average Bonchev–Trinajstić information content (AvgIpc) is 2.98. The summed E-state index contributed by atoms with van der Waals surface area (Å²) in [6, 6.07) is 8.73. The van der Waals surface area contributed by atoms with Crippen molar-refractivity contribution in [2.45, 2.75) is 72.1 Å². The molecule has 1 fully saturated rings. The second kappa shape index (κ2) is 14.9. The summed E-state index contributed by atoms with van der Waals surface area (Å²) >= 11 is 0. The Morgan fingerprint density at radius 3 is 1.81 bits per heavy atom. The summed E-state index contributed by atoms with van der Waals surface area (Å²) in [4.78, 5) is 86.1. The van der Waals surface area contributed by atoms with Crippen molar-refractivity contribution in [3.8, 4) is 22.6 Å². The highest BCUT2D eigenvalue weighted by Crippen LogP contribution is 2.44. The number of fused-ring (bicyclic) bond motifs is 1. The summed E-state index contributed by atoms with van der Waals surface area (Å²) in [6.45, 7) is 6.22. The van der Waals surface area contributed by atoms with Crippen LogP contribution < -0.4 is 14.9 Å². The van der Waals surface area contributed by atoms with Crippen molar-refractivity contribution in [2.24, 2.45) is 0 Å². The summed E-state index contributed by atoms with van der Waals surface area (Å²) in [5.74, 6) is -4.45. The van der Waals surface area contributed by atoms with E-state index >= 15 is 0 Å². The Morgan fingerprint density at radius 1 is 0.667 bits per heavy atom. The highest BCUT2D eigenvalue weighted by Gasteiger charge is 2.54. The average molecular weight is 669 g/mol. The zero-order chi connectivity index (χ0) is 35.3. The van der Waals surface area contributed by atoms with Crippen LogP contribution in [0.5, 0.6) is 11.5 Å². The van der Waals surface area contributed by atoms with Gasteiger partial charge in [0.1, 0.15) is 42.2 Å². The SMILES string of the molecule is CC(=O)OCC1OC(c2c(OC(C)=O)ccc3c(=O)c(-c4ccc(OC(C)=O)cc4)coc23)C(OC(C)=O)C(OC(C)=O)C1OC(C)=O. The van der Waals surface area contributed by atoms with Gasteiger partial charge in [-0.1, -0.05) is 12.1 Å². The molecule has 0 aliphatic carbocycles. The molecule has 4 rings (SSSR count). The molecular weight excluding hydrogens is 636 g/mol. The molecule has 15 nitrogen and oxygen atoms in total. The van der Waals surface area contributed by atoms with Gasteiger partial charge in [0.05, 0.1) is 16.5 Å². The maximum Gasteiger partial charge on any atom is 0.308 e. The largest absolute Gasteiger partial charge is 0.463 e. The number of hydrogen-bond acceptors (Lipinski definition) is 15. The maximum absolute atomic E-state index is 13.9. The lowest BCUT2D eigenvalue weighted by Crippen LogP contribution is -2.59. The molecule has 254 valence electrons. The molecule has 5 unspecified atom stereocenters. The van der Waals surface area contributed by atoms with Crippen LogP contribution in [0.15, 0.2) is 51.9 Å². The van der Waals surface area contributed by atoms with E-state index in [4.69, 9.17) is 37.6 Å². The quantitative estimate of drug-likeness (QED) is 0.183. The van der Waals surface area contributed by atoms with E-state index < -0.39 is 78.4 Å². The third-order valence-electron chi connectivity index (χ3n) is 6.90. The minimum absolute atomic E-state index is 0.0182. The first-order valence-corrected chi connectivity index (χ1v) is 14.5. The molecule has 0 N–H and O–H groups in total. The van der Waals surface area contributed by atoms with Gasteiger partial charge in [0, 0.05) is 41.5 Å². The molecule has 0 amide bonds. The van der Waals surface area contributed by atoms with Crippen molar-refractivity contribution < 1.29 is 66.3 Å². The lowest BCUT2D eigenvalue weighted by Gasteiger charge is -2.44. The van der Waals surface area contributed by atoms with Gasteiger partial charge in [0.2, 0.25) is 5.43 Å². The molecule has 15 heteroatoms. The van der Waals surface area contributed by atoms with Crippen LogP contribution in [0.25, 0.3) is 22.1 Å². The van der Waals surface area contributed by atoms with Crippen LogP contribution in [0.2, 0.25) is 0 Å². The number of ether oxygens (including phenoxy) is 7. The Kier molecular flexibility index (Phi) is 10.9. The molecule has 1 aliphatic heterocycles. The Hall–Kier alpha value is -5.57. The number of carbonyl (C=O) groups excluding carboxylic acids is 6. The van der Waals surface area contributed by atoms with Gasteiger partial charge in [-0.05, 0) is 29.8 Å². The van der Waals surface area contributed by atoms with Crippen LogP contribution in [0, 0.1) is 0 Å². The third-order valence-corrected chi connectivity index (χ3v) is 6.90. The summed E-state index contributed by atoms with van der Waals surface area (Å²) in [5, 5.41) is -0.0182. The fraction of sp³-hybridized carbons (Fsp3) is 0.364. The fourth-order valence-electron chi connectivity index (χ4n) is 5.25. The first kappa shape index (κ1) is 35.3. The van der Waals surface area contributed by atoms with Crippen molar-refractivity contribution in [3.05, 3.63) is 58.4 Å². The summed E-state index contributed by atoms with van der Waals surface area (Å²) in [5.41, 5.74) is -0.254. The van der Waals surface area contributed by atoms with Gasteiger partial charge in [-0.2, -0.15) is 0 Å². The topological polar surface area (TPSA) is 197 Å². The van der Waals surface area contributed by atoms with E-state index in [2.05, 4.69) is 0 Å². The molecule has 0 bridgehead atoms. The predicted octanol–water partition coefficient (Wildman–Crippen LogP) is 3.11. The molecule has 1 aliphatic rings. The first-order chi connectivity index (χ1) is 22.7. The summed E-state index contributed by atoms with van der Waals surface area (Å²) in [6.07, 6.45) is -6.29. The molecule has 2 heterocycles. The highest BCUT2D eigenvalue weighted by molar-refractivity contribution is 5.87. The van der Waals surface area contributed by atoms with E-state index in [9.17, 15) is 33.6 Å². The number of hydrogen-bond donors (Lipinski definition) is 0. The second-order valence-electron chi connectivity index (χ2n) is 10.7. The van der Waals surface area contributed by atoms with Gasteiger partial charge < -0.3 is 37.6 Å². The van der Waals surface area contributed by atoms with Crippen LogP contribution >= 0.6 is 0 Å². The third kappa shape index (κ3) is 8.22. The number of esters is 6. The van der Waals surface area contributed by atoms with E-state index in [1.807, 2.05) is 0 Å². The van der Waals surface area contributed by atoms with Gasteiger partial charge in [-0.3, -0.25) is 33.6 Å². The molecule has 3 aromatic rings. The minimum Gasteiger partial charge on any atom is -0.463 e. The predicted molar refractivity (Wildman–Crippen MR) is 161 cm³/mol. The van der Waals surface area contributed by atoms with Crippen LogP contribution in [0.4, 0.5) is 0 Å². The van der Waals surface area contributed by atoms with E-state index in [-0.39, 0.29) is 33.6 Å². The van der Waals surface area contributed by atoms with Crippen molar-refractivity contribution in [3.63, 3.8) is 0 Å². The van der Waals surface area contributed by atoms with Gasteiger partial charge in [0.25, 0.3) is 0 Å². The molecular formula is C33H32O15. The van der Waals surface area contributed by atoms with Gasteiger partial charge in [0.15, 0.2) is 18.3 Å². The smallest absolute Gasteiger partial charge is 0.308 e. The number of carbonyl (C=O) groups is 6. The Bertz CT molecular complexity index is 1810. The highest BCUT2D eigenvalue weighted by atomic mass is 16.7. The lowest BCUT2D eigenvalue weighted by atomic mass is 9.89. The molecule has 48 heavy (non-hydrogen) atoms. The summed E-state index contributed by atoms with van der Waals surface area (Å²) in [7, 11) is 0. The molecule has 0 spiro atoms. The van der Waals surface area contributed by atoms with E-state index in [0.717, 1.165) is 40.9 Å². The molecule has 1 aromatic heterocycles. The van der Waals surface area contributed by atoms with E-state index in [0.29, 0.717) is 5.56 Å². The molecule has 5 atom stereocenters. The number of rotatable bonds is 9. The maximum atomic E-state index is 13.9. The monoisotopic (exact) mass is 668 g/mol. The molecule has 1 saturated heterocycles. The van der Waals surface area contributed by atoms with Crippen molar-refractivity contribution >= 4 is 46.8 Å². The van der Waals surface area contributed by atoms with Crippen molar-refractivity contribution in [1.29, 1.82) is 0 Å². The van der Waals surface area contributed by atoms with Crippen LogP contribution in [0.1, 0.15) is 53.2 Å². The van der Waals surface area contributed by atoms with Gasteiger partial charge in [-0.25, -0.2) is 0 Å². The van der Waals surface area contributed by atoms with Crippen LogP contribution in [0.3, 0.4) is 0 Å². The Morgan fingerprint density at radius 2 is 1.25 bits per heavy atom. The zero-order valence-electron chi connectivity index (χ0n) is 26.8. The van der Waals surface area contributed by atoms with E-state index in [1.54, 1.807) is 12.1 Å². The standard InChI is InChI=1S/C33H32O15/c1-15(34)41-14-26-30(45-18(4)37)32(46-19(5)38)33(47-20(6)39)31(48-26)27-25(44-17(3)36)12-11-23-28(40)24(13-42-29(23)27)21-7-9-22(10-8-21)43-16(2)35/h7-13,26,30-33H,14H2,1-6H3. The van der Waals surface area contributed by atoms with Crippen molar-refractivity contribution in [2.75, 3.05) is 6.61 Å². The van der Waals surface area contributed by atoms with E-state index in [1.165, 1.54) is 31.2 Å². The molecule has 0 saturated carbocycles. The second-order valence-corrected chi connectivity index (χ2v) is 10.7. The van der Waals surface area contributed by atoms with Gasteiger partial charge >= 0.3 is 35.8 Å². The molecule has 2 aromatic carbocycles. The van der Waals surface area contributed by atoms with Crippen LogP contribution in [-0.2, 0) is 52.5 Å². The summed E-state index contributed by atoms with van der Waals surface area (Å²) < 4.78 is 44.5. The minimum atomic E-state index is -1.58. The fourth-order valence-corrected chi connectivity index (χ4v) is 5.25. The Balaban J connectivity index is 1.96. The first-order valence-electron chi connectivity index (χ1n) is 14.5. The van der Waals surface area contributed by atoms with Crippen molar-refractivity contribution in [1.82, 2.24) is 0 Å². The lowest BCUT2D eigenvalue weighted by molar-refractivity contribution is -0.254. The Labute approximate surface area is 272 Å². The van der Waals surface area contributed by atoms with Crippen LogP contribution in [-0.4, -0.2) is 66.8 Å². The van der Waals surface area contributed by atoms with Gasteiger partial charge in [-0.15, -0.1) is 0 Å². The molecule has 0 radical (unpaired) electrons. The number of benzene rings is 2. The zero-order valence-corrected chi connectivity index (χ0v) is 26.8.